The first kappa shape index (κ1) is 13.0. The predicted molar refractivity (Wildman–Crippen MR) is 72.6 cm³/mol. The predicted octanol–water partition coefficient (Wildman–Crippen LogP) is 3.86. The minimum Gasteiger partial charge on any atom is -0.271 e. The van der Waals surface area contributed by atoms with Crippen molar-refractivity contribution in [2.75, 3.05) is 0 Å². The first-order valence-electron chi connectivity index (χ1n) is 4.77. The van der Waals surface area contributed by atoms with Crippen LogP contribution in [0.4, 0.5) is 4.39 Å². The maximum absolute atomic E-state index is 13.8. The number of halogens is 3. The molecule has 0 fully saturated rings. The molecule has 1 unspecified atom stereocenters. The Bertz CT molecular complexity index is 532. The third-order valence-corrected chi connectivity index (χ3v) is 4.52. The molecule has 0 spiro atoms. The van der Waals surface area contributed by atoms with Crippen molar-refractivity contribution in [1.29, 1.82) is 0 Å². The SMILES string of the molecule is NNC(c1ccc(Cl)cc1F)c1sccc1Br. The molecule has 90 valence electrons. The van der Waals surface area contributed by atoms with Gasteiger partial charge in [0.25, 0.3) is 0 Å². The third-order valence-electron chi connectivity index (χ3n) is 2.35. The van der Waals surface area contributed by atoms with E-state index in [9.17, 15) is 4.39 Å². The standard InChI is InChI=1S/C11H9BrClFN2S/c12-8-3-4-17-11(8)10(16-15)7-2-1-6(13)5-9(7)14/h1-5,10,16H,15H2. The fraction of sp³-hybridized carbons (Fsp3) is 0.0909. The quantitative estimate of drug-likeness (QED) is 0.660. The Hall–Kier alpha value is -0.460. The van der Waals surface area contributed by atoms with E-state index in [0.29, 0.717) is 10.6 Å². The van der Waals surface area contributed by atoms with Crippen LogP contribution in [0.3, 0.4) is 0 Å². The van der Waals surface area contributed by atoms with Gasteiger partial charge < -0.3 is 0 Å². The van der Waals surface area contributed by atoms with Crippen molar-refractivity contribution >= 4 is 38.9 Å². The van der Waals surface area contributed by atoms with Gasteiger partial charge >= 0.3 is 0 Å². The average Bonchev–Trinajstić information content (AvgIpc) is 2.69. The Labute approximate surface area is 116 Å². The molecule has 0 aliphatic heterocycles. The summed E-state index contributed by atoms with van der Waals surface area (Å²) in [5, 5.41) is 2.28. The van der Waals surface area contributed by atoms with Crippen molar-refractivity contribution < 1.29 is 4.39 Å². The molecule has 0 radical (unpaired) electrons. The maximum Gasteiger partial charge on any atom is 0.129 e. The highest BCUT2D eigenvalue weighted by atomic mass is 79.9. The van der Waals surface area contributed by atoms with Gasteiger partial charge in [-0.15, -0.1) is 11.3 Å². The lowest BCUT2D eigenvalue weighted by Crippen LogP contribution is -2.29. The third kappa shape index (κ3) is 2.69. The van der Waals surface area contributed by atoms with Crippen LogP contribution in [-0.4, -0.2) is 0 Å². The highest BCUT2D eigenvalue weighted by Crippen LogP contribution is 2.34. The Morgan fingerprint density at radius 2 is 2.18 bits per heavy atom. The number of thiophene rings is 1. The lowest BCUT2D eigenvalue weighted by atomic mass is 10.1. The van der Waals surface area contributed by atoms with Crippen molar-refractivity contribution in [2.24, 2.45) is 5.84 Å². The lowest BCUT2D eigenvalue weighted by molar-refractivity contribution is 0.563. The van der Waals surface area contributed by atoms with Crippen molar-refractivity contribution in [3.8, 4) is 0 Å². The molecule has 0 saturated carbocycles. The molecule has 2 aromatic rings. The van der Waals surface area contributed by atoms with Gasteiger partial charge in [-0.1, -0.05) is 17.7 Å². The molecule has 2 rings (SSSR count). The molecule has 6 heteroatoms. The summed E-state index contributed by atoms with van der Waals surface area (Å²) in [7, 11) is 0. The summed E-state index contributed by atoms with van der Waals surface area (Å²) < 4.78 is 14.7. The first-order valence-corrected chi connectivity index (χ1v) is 6.82. The second kappa shape index (κ2) is 5.46. The fourth-order valence-corrected chi connectivity index (χ4v) is 3.39. The van der Waals surface area contributed by atoms with Crippen LogP contribution >= 0.6 is 38.9 Å². The van der Waals surface area contributed by atoms with Crippen LogP contribution in [-0.2, 0) is 0 Å². The average molecular weight is 336 g/mol. The number of hydrogen-bond acceptors (Lipinski definition) is 3. The Morgan fingerprint density at radius 3 is 2.71 bits per heavy atom. The van der Waals surface area contributed by atoms with Crippen LogP contribution in [0.5, 0.6) is 0 Å². The summed E-state index contributed by atoms with van der Waals surface area (Å²) in [4.78, 5) is 0.925. The summed E-state index contributed by atoms with van der Waals surface area (Å²) in [5.74, 6) is 5.13. The highest BCUT2D eigenvalue weighted by molar-refractivity contribution is 9.10. The molecule has 0 saturated heterocycles. The van der Waals surface area contributed by atoms with E-state index < -0.39 is 0 Å². The van der Waals surface area contributed by atoms with E-state index in [2.05, 4.69) is 21.4 Å². The number of benzene rings is 1. The van der Waals surface area contributed by atoms with Crippen LogP contribution < -0.4 is 11.3 Å². The molecule has 1 heterocycles. The first-order chi connectivity index (χ1) is 8.13. The number of hydrazine groups is 1. The largest absolute Gasteiger partial charge is 0.271 e. The summed E-state index contributed by atoms with van der Waals surface area (Å²) in [6.45, 7) is 0. The Morgan fingerprint density at radius 1 is 1.41 bits per heavy atom. The molecular weight excluding hydrogens is 327 g/mol. The van der Waals surface area contributed by atoms with Gasteiger partial charge in [-0.25, -0.2) is 9.82 Å². The monoisotopic (exact) mass is 334 g/mol. The second-order valence-electron chi connectivity index (χ2n) is 3.40. The zero-order valence-corrected chi connectivity index (χ0v) is 11.7. The number of rotatable bonds is 3. The lowest BCUT2D eigenvalue weighted by Gasteiger charge is -2.16. The van der Waals surface area contributed by atoms with Gasteiger partial charge in [0, 0.05) is 19.9 Å². The van der Waals surface area contributed by atoms with Crippen LogP contribution in [0.2, 0.25) is 5.02 Å². The molecule has 1 atom stereocenters. The molecule has 3 N–H and O–H groups in total. The molecular formula is C11H9BrClFN2S. The van der Waals surface area contributed by atoms with E-state index in [-0.39, 0.29) is 11.9 Å². The van der Waals surface area contributed by atoms with Crippen LogP contribution in [0, 0.1) is 5.82 Å². The number of nitrogens with one attached hydrogen (secondary N) is 1. The molecule has 17 heavy (non-hydrogen) atoms. The minimum absolute atomic E-state index is 0.368. The molecule has 1 aromatic heterocycles. The fourth-order valence-electron chi connectivity index (χ4n) is 1.55. The molecule has 1 aromatic carbocycles. The minimum atomic E-state index is -0.387. The smallest absolute Gasteiger partial charge is 0.129 e. The molecule has 0 bridgehead atoms. The zero-order valence-electron chi connectivity index (χ0n) is 8.58. The number of hydrogen-bond donors (Lipinski definition) is 2. The van der Waals surface area contributed by atoms with Gasteiger partial charge in [0.15, 0.2) is 0 Å². The normalized spacial score (nSPS) is 12.7. The van der Waals surface area contributed by atoms with E-state index in [1.54, 1.807) is 12.1 Å². The topological polar surface area (TPSA) is 38.0 Å². The molecule has 0 aliphatic rings. The Kier molecular flexibility index (Phi) is 4.17. The van der Waals surface area contributed by atoms with E-state index in [1.807, 2.05) is 11.4 Å². The van der Waals surface area contributed by atoms with E-state index >= 15 is 0 Å². The van der Waals surface area contributed by atoms with Gasteiger partial charge in [0.2, 0.25) is 0 Å². The van der Waals surface area contributed by atoms with E-state index in [0.717, 1.165) is 9.35 Å². The molecule has 0 aliphatic carbocycles. The highest BCUT2D eigenvalue weighted by Gasteiger charge is 2.20. The zero-order chi connectivity index (χ0) is 12.4. The van der Waals surface area contributed by atoms with Crippen LogP contribution in [0.1, 0.15) is 16.5 Å². The summed E-state index contributed by atoms with van der Waals surface area (Å²) >= 11 is 10.6. The second-order valence-corrected chi connectivity index (χ2v) is 5.64. The number of nitrogens with two attached hydrogens (primary N) is 1. The van der Waals surface area contributed by atoms with Crippen molar-refractivity contribution in [2.45, 2.75) is 6.04 Å². The van der Waals surface area contributed by atoms with E-state index in [1.165, 1.54) is 17.4 Å². The summed E-state index contributed by atoms with van der Waals surface area (Å²) in [5.41, 5.74) is 3.09. The van der Waals surface area contributed by atoms with Crippen molar-refractivity contribution in [3.63, 3.8) is 0 Å². The van der Waals surface area contributed by atoms with Gasteiger partial charge in [0.05, 0.1) is 6.04 Å². The van der Waals surface area contributed by atoms with Crippen molar-refractivity contribution in [3.05, 3.63) is 55.4 Å². The van der Waals surface area contributed by atoms with Crippen LogP contribution in [0.15, 0.2) is 34.1 Å². The van der Waals surface area contributed by atoms with E-state index in [4.69, 9.17) is 17.4 Å². The summed E-state index contributed by atoms with van der Waals surface area (Å²) in [6.07, 6.45) is 0. The molecule has 2 nitrogen and oxygen atoms in total. The van der Waals surface area contributed by atoms with Gasteiger partial charge in [-0.3, -0.25) is 5.84 Å². The van der Waals surface area contributed by atoms with Gasteiger partial charge in [-0.2, -0.15) is 0 Å². The molecule has 0 amide bonds. The summed E-state index contributed by atoms with van der Waals surface area (Å²) in [6, 6.07) is 6.07. The maximum atomic E-state index is 13.8. The van der Waals surface area contributed by atoms with Crippen molar-refractivity contribution in [1.82, 2.24) is 5.43 Å². The van der Waals surface area contributed by atoms with Gasteiger partial charge in [0.1, 0.15) is 5.82 Å². The van der Waals surface area contributed by atoms with Crippen LogP contribution in [0.25, 0.3) is 0 Å². The van der Waals surface area contributed by atoms with Gasteiger partial charge in [-0.05, 0) is 39.5 Å². The Balaban J connectivity index is 2.46.